The van der Waals surface area contributed by atoms with Gasteiger partial charge in [-0.25, -0.2) is 0 Å². The highest BCUT2D eigenvalue weighted by atomic mass is 16.5. The van der Waals surface area contributed by atoms with Crippen LogP contribution >= 0.6 is 0 Å². The van der Waals surface area contributed by atoms with Crippen LogP contribution in [0.3, 0.4) is 0 Å². The number of nitrogen functional groups attached to an aromatic ring is 1. The predicted octanol–water partition coefficient (Wildman–Crippen LogP) is 3.09. The van der Waals surface area contributed by atoms with Crippen LogP contribution in [-0.2, 0) is 0 Å². The van der Waals surface area contributed by atoms with Gasteiger partial charge in [0.2, 0.25) is 0 Å². The van der Waals surface area contributed by atoms with Gasteiger partial charge in [0.05, 0.1) is 18.9 Å². The molecular formula is C13H21NO2. The number of rotatable bonds is 5. The fourth-order valence-corrected chi connectivity index (χ4v) is 1.69. The van der Waals surface area contributed by atoms with Gasteiger partial charge < -0.3 is 15.2 Å². The van der Waals surface area contributed by atoms with Crippen LogP contribution in [0.25, 0.3) is 0 Å². The van der Waals surface area contributed by atoms with Crippen molar-refractivity contribution in [3.05, 3.63) is 18.2 Å². The summed E-state index contributed by atoms with van der Waals surface area (Å²) in [6.45, 7) is 6.41. The SMILES string of the molecule is COc1ccc(OC(C)CC(C)C)c(N)c1. The molecule has 1 aromatic carbocycles. The number of methoxy groups -OCH3 is 1. The Morgan fingerprint density at radius 1 is 1.25 bits per heavy atom. The summed E-state index contributed by atoms with van der Waals surface area (Å²) >= 11 is 0. The Balaban J connectivity index is 2.66. The van der Waals surface area contributed by atoms with Gasteiger partial charge in [0.25, 0.3) is 0 Å². The molecule has 90 valence electrons. The van der Waals surface area contributed by atoms with Crippen LogP contribution in [0.15, 0.2) is 18.2 Å². The number of benzene rings is 1. The molecule has 0 aromatic heterocycles. The van der Waals surface area contributed by atoms with Gasteiger partial charge in [0.15, 0.2) is 0 Å². The quantitative estimate of drug-likeness (QED) is 0.780. The molecule has 0 amide bonds. The Bertz CT molecular complexity index is 337. The first kappa shape index (κ1) is 12.7. The lowest BCUT2D eigenvalue weighted by atomic mass is 10.1. The lowest BCUT2D eigenvalue weighted by Gasteiger charge is -2.18. The summed E-state index contributed by atoms with van der Waals surface area (Å²) in [4.78, 5) is 0. The van der Waals surface area contributed by atoms with Crippen molar-refractivity contribution in [2.75, 3.05) is 12.8 Å². The second kappa shape index (κ2) is 5.64. The highest BCUT2D eigenvalue weighted by Gasteiger charge is 2.09. The van der Waals surface area contributed by atoms with Crippen LogP contribution in [0, 0.1) is 5.92 Å². The van der Waals surface area contributed by atoms with Gasteiger partial charge in [-0.15, -0.1) is 0 Å². The molecule has 0 bridgehead atoms. The third kappa shape index (κ3) is 3.65. The van der Waals surface area contributed by atoms with Crippen LogP contribution in [0.1, 0.15) is 27.2 Å². The van der Waals surface area contributed by atoms with Gasteiger partial charge in [0, 0.05) is 6.07 Å². The summed E-state index contributed by atoms with van der Waals surface area (Å²) in [5, 5.41) is 0. The number of hydrogen-bond donors (Lipinski definition) is 1. The van der Waals surface area contributed by atoms with Crippen molar-refractivity contribution in [1.29, 1.82) is 0 Å². The molecule has 0 fully saturated rings. The zero-order valence-electron chi connectivity index (χ0n) is 10.5. The summed E-state index contributed by atoms with van der Waals surface area (Å²) in [6.07, 6.45) is 1.20. The number of ether oxygens (including phenoxy) is 2. The van der Waals surface area contributed by atoms with Crippen LogP contribution in [0.2, 0.25) is 0 Å². The topological polar surface area (TPSA) is 44.5 Å². The summed E-state index contributed by atoms with van der Waals surface area (Å²) in [6, 6.07) is 5.48. The lowest BCUT2D eigenvalue weighted by molar-refractivity contribution is 0.194. The second-order valence-electron chi connectivity index (χ2n) is 4.46. The number of anilines is 1. The zero-order chi connectivity index (χ0) is 12.1. The molecule has 0 aliphatic carbocycles. The molecule has 3 heteroatoms. The van der Waals surface area contributed by atoms with Gasteiger partial charge in [-0.05, 0) is 31.4 Å². The van der Waals surface area contributed by atoms with Crippen LogP contribution < -0.4 is 15.2 Å². The largest absolute Gasteiger partial charge is 0.497 e. The third-order valence-corrected chi connectivity index (χ3v) is 2.35. The minimum atomic E-state index is 0.177. The average molecular weight is 223 g/mol. The van der Waals surface area contributed by atoms with Crippen LogP contribution in [0.4, 0.5) is 5.69 Å². The summed E-state index contributed by atoms with van der Waals surface area (Å²) in [7, 11) is 1.62. The minimum absolute atomic E-state index is 0.177. The van der Waals surface area contributed by atoms with Crippen molar-refractivity contribution in [1.82, 2.24) is 0 Å². The predicted molar refractivity (Wildman–Crippen MR) is 67.0 cm³/mol. The fourth-order valence-electron chi connectivity index (χ4n) is 1.69. The molecule has 1 atom stereocenters. The van der Waals surface area contributed by atoms with Crippen LogP contribution in [-0.4, -0.2) is 13.2 Å². The van der Waals surface area contributed by atoms with E-state index in [1.54, 1.807) is 13.2 Å². The molecule has 1 aromatic rings. The molecule has 0 saturated carbocycles. The summed E-state index contributed by atoms with van der Waals surface area (Å²) < 4.78 is 10.9. The van der Waals surface area contributed by atoms with E-state index in [9.17, 15) is 0 Å². The van der Waals surface area contributed by atoms with E-state index in [0.29, 0.717) is 11.6 Å². The summed E-state index contributed by atoms with van der Waals surface area (Å²) in [5.41, 5.74) is 6.49. The van der Waals surface area contributed by atoms with E-state index < -0.39 is 0 Å². The van der Waals surface area contributed by atoms with Crippen molar-refractivity contribution in [3.8, 4) is 11.5 Å². The molecule has 3 nitrogen and oxygen atoms in total. The van der Waals surface area contributed by atoms with E-state index in [2.05, 4.69) is 20.8 Å². The van der Waals surface area contributed by atoms with E-state index in [4.69, 9.17) is 15.2 Å². The zero-order valence-corrected chi connectivity index (χ0v) is 10.5. The molecule has 0 aliphatic rings. The van der Waals surface area contributed by atoms with Gasteiger partial charge >= 0.3 is 0 Å². The maximum Gasteiger partial charge on any atom is 0.142 e. The molecular weight excluding hydrogens is 202 g/mol. The molecule has 0 radical (unpaired) electrons. The van der Waals surface area contributed by atoms with E-state index >= 15 is 0 Å². The monoisotopic (exact) mass is 223 g/mol. The Labute approximate surface area is 97.6 Å². The number of hydrogen-bond acceptors (Lipinski definition) is 3. The molecule has 16 heavy (non-hydrogen) atoms. The van der Waals surface area contributed by atoms with E-state index in [1.165, 1.54) is 0 Å². The lowest BCUT2D eigenvalue weighted by Crippen LogP contribution is -2.15. The minimum Gasteiger partial charge on any atom is -0.497 e. The molecule has 1 rings (SSSR count). The Kier molecular flexibility index (Phi) is 4.47. The Morgan fingerprint density at radius 3 is 2.44 bits per heavy atom. The van der Waals surface area contributed by atoms with Crippen LogP contribution in [0.5, 0.6) is 11.5 Å². The average Bonchev–Trinajstić information content (AvgIpc) is 2.19. The highest BCUT2D eigenvalue weighted by molar-refractivity contribution is 5.56. The van der Waals surface area contributed by atoms with E-state index in [1.807, 2.05) is 12.1 Å². The molecule has 1 unspecified atom stereocenters. The van der Waals surface area contributed by atoms with E-state index in [-0.39, 0.29) is 6.10 Å². The van der Waals surface area contributed by atoms with Crippen molar-refractivity contribution in [2.45, 2.75) is 33.3 Å². The first-order valence-corrected chi connectivity index (χ1v) is 5.63. The van der Waals surface area contributed by atoms with Gasteiger partial charge in [-0.2, -0.15) is 0 Å². The highest BCUT2D eigenvalue weighted by Crippen LogP contribution is 2.27. The third-order valence-electron chi connectivity index (χ3n) is 2.35. The van der Waals surface area contributed by atoms with Crippen molar-refractivity contribution in [2.24, 2.45) is 5.92 Å². The molecule has 2 N–H and O–H groups in total. The first-order valence-electron chi connectivity index (χ1n) is 5.63. The smallest absolute Gasteiger partial charge is 0.142 e. The van der Waals surface area contributed by atoms with Gasteiger partial charge in [-0.1, -0.05) is 13.8 Å². The van der Waals surface area contributed by atoms with Crippen molar-refractivity contribution in [3.63, 3.8) is 0 Å². The van der Waals surface area contributed by atoms with Crippen molar-refractivity contribution >= 4 is 5.69 Å². The standard InChI is InChI=1S/C13H21NO2/c1-9(2)7-10(3)16-13-6-5-11(15-4)8-12(13)14/h5-6,8-10H,7,14H2,1-4H3. The molecule has 0 aliphatic heterocycles. The number of nitrogens with two attached hydrogens (primary N) is 1. The van der Waals surface area contributed by atoms with Gasteiger partial charge in [0.1, 0.15) is 11.5 Å². The fraction of sp³-hybridized carbons (Fsp3) is 0.538. The molecule has 0 spiro atoms. The molecule has 0 saturated heterocycles. The normalized spacial score (nSPS) is 12.6. The maximum absolute atomic E-state index is 5.87. The van der Waals surface area contributed by atoms with Crippen molar-refractivity contribution < 1.29 is 9.47 Å². The van der Waals surface area contributed by atoms with Gasteiger partial charge in [-0.3, -0.25) is 0 Å². The summed E-state index contributed by atoms with van der Waals surface area (Å²) in [5.74, 6) is 2.10. The second-order valence-corrected chi connectivity index (χ2v) is 4.46. The first-order chi connectivity index (χ1) is 7.52. The molecule has 0 heterocycles. The Morgan fingerprint density at radius 2 is 1.94 bits per heavy atom. The Hall–Kier alpha value is -1.38. The van der Waals surface area contributed by atoms with E-state index in [0.717, 1.165) is 17.9 Å². The maximum atomic E-state index is 5.87.